The summed E-state index contributed by atoms with van der Waals surface area (Å²) in [5, 5.41) is 5.38. The summed E-state index contributed by atoms with van der Waals surface area (Å²) in [7, 11) is 0. The third kappa shape index (κ3) is 6.25. The van der Waals surface area contributed by atoms with Gasteiger partial charge < -0.3 is 9.13 Å². The van der Waals surface area contributed by atoms with Gasteiger partial charge in [0.25, 0.3) is 0 Å². The largest absolute Gasteiger partial charge is 0.341 e. The number of nitrogens with zero attached hydrogens (tertiary/aromatic N) is 2. The summed E-state index contributed by atoms with van der Waals surface area (Å²) >= 11 is 0. The molecule has 0 aliphatic heterocycles. The molecule has 0 saturated heterocycles. The molecule has 1 spiro atoms. The number of benzene rings is 7. The van der Waals surface area contributed by atoms with Crippen LogP contribution in [0.1, 0.15) is 67.2 Å². The molecular weight excluding hydrogens is 845 g/mol. The lowest BCUT2D eigenvalue weighted by atomic mass is 9.73. The second-order valence-corrected chi connectivity index (χ2v) is 20.4. The lowest BCUT2D eigenvalue weighted by Crippen LogP contribution is -2.17. The van der Waals surface area contributed by atoms with Crippen LogP contribution in [-0.2, 0) is 13.1 Å². The monoisotopic (exact) mass is 900 g/mol. The Morgan fingerprint density at radius 2 is 1.11 bits per heavy atom. The molecule has 70 heavy (non-hydrogen) atoms. The van der Waals surface area contributed by atoms with Crippen molar-refractivity contribution < 1.29 is 0 Å². The number of aryl methyl sites for hydroxylation is 2. The van der Waals surface area contributed by atoms with Gasteiger partial charge >= 0.3 is 0 Å². The minimum absolute atomic E-state index is 0.00295. The third-order valence-corrected chi connectivity index (χ3v) is 16.9. The Bertz CT molecular complexity index is 3830. The summed E-state index contributed by atoms with van der Waals surface area (Å²) in [6.45, 7) is 6.50. The van der Waals surface area contributed by atoms with Gasteiger partial charge in [-0.1, -0.05) is 189 Å². The van der Waals surface area contributed by atoms with Gasteiger partial charge in [0, 0.05) is 74.0 Å². The fourth-order valence-electron chi connectivity index (χ4n) is 13.6. The van der Waals surface area contributed by atoms with Crippen molar-refractivity contribution in [3.8, 4) is 22.3 Å². The predicted octanol–water partition coefficient (Wildman–Crippen LogP) is 17.5. The molecule has 0 N–H and O–H groups in total. The summed E-state index contributed by atoms with van der Waals surface area (Å²) in [6, 6.07) is 59.7. The molecular formula is C68H56N2. The van der Waals surface area contributed by atoms with Gasteiger partial charge in [-0.2, -0.15) is 0 Å². The molecule has 2 heteroatoms. The summed E-state index contributed by atoms with van der Waals surface area (Å²) in [4.78, 5) is 0. The zero-order valence-corrected chi connectivity index (χ0v) is 40.0. The zero-order chi connectivity index (χ0) is 46.5. The van der Waals surface area contributed by atoms with E-state index in [4.69, 9.17) is 0 Å². The maximum Gasteiger partial charge on any atom is 0.0491 e. The third-order valence-electron chi connectivity index (χ3n) is 16.9. The van der Waals surface area contributed by atoms with Crippen molar-refractivity contribution in [2.24, 2.45) is 17.3 Å². The molecule has 5 aliphatic carbocycles. The number of allylic oxidation sites excluding steroid dienone is 13. The molecule has 0 amide bonds. The first kappa shape index (κ1) is 41.3. The van der Waals surface area contributed by atoms with E-state index in [1.165, 1.54) is 110 Å². The minimum atomic E-state index is 0.00295. The summed E-state index contributed by atoms with van der Waals surface area (Å²) in [5.74, 6) is 1.84. The van der Waals surface area contributed by atoms with Crippen molar-refractivity contribution in [2.45, 2.75) is 58.0 Å². The highest BCUT2D eigenvalue weighted by Crippen LogP contribution is 2.77. The molecule has 9 aromatic rings. The summed E-state index contributed by atoms with van der Waals surface area (Å²) in [6.07, 6.45) is 27.6. The lowest BCUT2D eigenvalue weighted by molar-refractivity contribution is 0.505. The number of aromatic nitrogens is 2. The predicted molar refractivity (Wildman–Crippen MR) is 295 cm³/mol. The fourth-order valence-corrected chi connectivity index (χ4v) is 13.6. The van der Waals surface area contributed by atoms with E-state index in [2.05, 4.69) is 241 Å². The van der Waals surface area contributed by atoms with E-state index in [1.54, 1.807) is 0 Å². The molecule has 5 unspecified atom stereocenters. The Hall–Kier alpha value is -7.68. The first-order valence-electron chi connectivity index (χ1n) is 25.8. The lowest BCUT2D eigenvalue weighted by Gasteiger charge is -2.30. The average Bonchev–Trinajstić information content (AvgIpc) is 3.84. The Kier molecular flexibility index (Phi) is 9.57. The van der Waals surface area contributed by atoms with E-state index in [9.17, 15) is 0 Å². The molecule has 2 heterocycles. The molecule has 0 radical (unpaired) electrons. The Morgan fingerprint density at radius 3 is 1.81 bits per heavy atom. The maximum absolute atomic E-state index is 2.56. The van der Waals surface area contributed by atoms with E-state index in [0.29, 0.717) is 23.7 Å². The molecule has 1 fully saturated rings. The van der Waals surface area contributed by atoms with Crippen molar-refractivity contribution in [1.82, 2.24) is 9.13 Å². The van der Waals surface area contributed by atoms with Crippen LogP contribution < -0.4 is 0 Å². The second-order valence-electron chi connectivity index (χ2n) is 20.4. The Morgan fingerprint density at radius 1 is 0.514 bits per heavy atom. The average molecular weight is 901 g/mol. The van der Waals surface area contributed by atoms with E-state index in [0.717, 1.165) is 32.4 Å². The van der Waals surface area contributed by atoms with Gasteiger partial charge in [0.05, 0.1) is 0 Å². The normalized spacial score (nSPS) is 22.1. The molecule has 5 aliphatic rings. The molecule has 5 atom stereocenters. The molecule has 2 aromatic heterocycles. The summed E-state index contributed by atoms with van der Waals surface area (Å²) < 4.78 is 4.92. The fraction of sp³-hybridized carbons (Fsp3) is 0.176. The van der Waals surface area contributed by atoms with Crippen molar-refractivity contribution in [1.29, 1.82) is 0 Å². The van der Waals surface area contributed by atoms with Crippen LogP contribution >= 0.6 is 0 Å². The van der Waals surface area contributed by atoms with Gasteiger partial charge in [-0.15, -0.1) is 0 Å². The van der Waals surface area contributed by atoms with Crippen LogP contribution in [0.3, 0.4) is 0 Å². The highest BCUT2D eigenvalue weighted by atomic mass is 15.0. The number of para-hydroxylation sites is 2. The van der Waals surface area contributed by atoms with Crippen LogP contribution in [0.4, 0.5) is 0 Å². The van der Waals surface area contributed by atoms with Crippen LogP contribution in [-0.4, -0.2) is 9.13 Å². The topological polar surface area (TPSA) is 9.86 Å². The van der Waals surface area contributed by atoms with Crippen LogP contribution in [0.2, 0.25) is 0 Å². The SMILES string of the molecule is CCCn1c2ccccc2c2cc(-c3ccc(-c4ccc(C5=C6C=CC=CC67C(c6ccccc65)C7C5C=CC(C6=CCC(c7ccc8c(c7)c7ccccc7n8CC)C=C6)=CC5)cc4)cc3)ccc21. The summed E-state index contributed by atoms with van der Waals surface area (Å²) in [5.41, 5.74) is 21.5. The highest BCUT2D eigenvalue weighted by molar-refractivity contribution is 6.10. The van der Waals surface area contributed by atoms with Gasteiger partial charge in [-0.3, -0.25) is 0 Å². The Labute approximate surface area is 411 Å². The van der Waals surface area contributed by atoms with E-state index in [1.807, 2.05) is 0 Å². The van der Waals surface area contributed by atoms with Crippen LogP contribution in [0, 0.1) is 17.3 Å². The van der Waals surface area contributed by atoms with Crippen LogP contribution in [0.25, 0.3) is 71.4 Å². The first-order valence-corrected chi connectivity index (χ1v) is 25.8. The molecule has 1 saturated carbocycles. The number of hydrogen-bond acceptors (Lipinski definition) is 0. The number of rotatable bonds is 9. The first-order chi connectivity index (χ1) is 34.6. The van der Waals surface area contributed by atoms with E-state index in [-0.39, 0.29) is 5.41 Å². The Balaban J connectivity index is 0.711. The van der Waals surface area contributed by atoms with Crippen molar-refractivity contribution in [3.63, 3.8) is 0 Å². The van der Waals surface area contributed by atoms with Crippen LogP contribution in [0.15, 0.2) is 235 Å². The van der Waals surface area contributed by atoms with Gasteiger partial charge in [0.15, 0.2) is 0 Å². The van der Waals surface area contributed by atoms with Gasteiger partial charge in [-0.25, -0.2) is 0 Å². The molecule has 0 bridgehead atoms. The number of fused-ring (bicyclic) bond motifs is 8. The zero-order valence-electron chi connectivity index (χ0n) is 40.0. The van der Waals surface area contributed by atoms with Crippen molar-refractivity contribution in [3.05, 3.63) is 257 Å². The standard InChI is InChI=1S/C68H56N2/c1-3-41-70-62-19-10-8-14-55(62)59-43-53(37-39-64(59)70)49-24-20-44(21-25-49)46-28-32-50(33-29-46)65-56-15-5-6-16-57(56)67-66(68(67)40-12-11-17-60(65)68)51-34-30-47(31-35-51)45-22-26-48(27-23-45)52-36-38-63-58(42-52)54-13-7-9-18-61(54)69(63)4-2/h5-26,28-34,36-40,42-43,48,51,66-67H,3-4,27,35,41H2,1-2H3. The molecule has 14 rings (SSSR count). The quantitative estimate of drug-likeness (QED) is 0.137. The van der Waals surface area contributed by atoms with Crippen molar-refractivity contribution >= 4 is 49.2 Å². The van der Waals surface area contributed by atoms with Gasteiger partial charge in [-0.05, 0) is 141 Å². The van der Waals surface area contributed by atoms with Crippen LogP contribution in [0.5, 0.6) is 0 Å². The van der Waals surface area contributed by atoms with Gasteiger partial charge in [0.2, 0.25) is 0 Å². The molecule has 2 nitrogen and oxygen atoms in total. The van der Waals surface area contributed by atoms with E-state index >= 15 is 0 Å². The highest BCUT2D eigenvalue weighted by Gasteiger charge is 2.69. The minimum Gasteiger partial charge on any atom is -0.341 e. The molecule has 7 aromatic carbocycles. The molecule has 338 valence electrons. The number of hydrogen-bond donors (Lipinski definition) is 0. The van der Waals surface area contributed by atoms with Crippen molar-refractivity contribution in [2.75, 3.05) is 0 Å². The smallest absolute Gasteiger partial charge is 0.0491 e. The second kappa shape index (κ2) is 16.2. The van der Waals surface area contributed by atoms with Gasteiger partial charge in [0.1, 0.15) is 0 Å². The maximum atomic E-state index is 2.56. The van der Waals surface area contributed by atoms with E-state index < -0.39 is 0 Å².